The number of hydrogen-bond donors (Lipinski definition) is 0. The van der Waals surface area contributed by atoms with Gasteiger partial charge in [0.05, 0.1) is 27.0 Å². The van der Waals surface area contributed by atoms with Gasteiger partial charge >= 0.3 is 0 Å². The van der Waals surface area contributed by atoms with Gasteiger partial charge in [0, 0.05) is 23.7 Å². The lowest BCUT2D eigenvalue weighted by Gasteiger charge is -2.10. The Kier molecular flexibility index (Phi) is 5.44. The zero-order valence-corrected chi connectivity index (χ0v) is 17.5. The third-order valence-electron chi connectivity index (χ3n) is 5.15. The van der Waals surface area contributed by atoms with Crippen LogP contribution in [-0.4, -0.2) is 31.1 Å². The van der Waals surface area contributed by atoms with Gasteiger partial charge in [-0.05, 0) is 66.2 Å². The Morgan fingerprint density at radius 3 is 1.40 bits per heavy atom. The number of ether oxygens (including phenoxy) is 3. The first-order chi connectivity index (χ1) is 14.6. The van der Waals surface area contributed by atoms with Crippen molar-refractivity contribution in [1.82, 2.24) is 9.78 Å². The van der Waals surface area contributed by atoms with E-state index >= 15 is 0 Å². The van der Waals surface area contributed by atoms with Crippen molar-refractivity contribution in [2.24, 2.45) is 7.05 Å². The molecule has 0 fully saturated rings. The zero-order chi connectivity index (χ0) is 21.1. The molecular weight excluding hydrogens is 376 g/mol. The lowest BCUT2D eigenvalue weighted by molar-refractivity contribution is 0.414. The lowest BCUT2D eigenvalue weighted by atomic mass is 9.95. The first kappa shape index (κ1) is 19.6. The van der Waals surface area contributed by atoms with E-state index in [0.29, 0.717) is 0 Å². The number of aromatic nitrogens is 2. The molecule has 0 saturated heterocycles. The molecule has 0 aliphatic carbocycles. The summed E-state index contributed by atoms with van der Waals surface area (Å²) in [5, 5.41) is 4.89. The van der Waals surface area contributed by atoms with Crippen molar-refractivity contribution in [2.45, 2.75) is 0 Å². The van der Waals surface area contributed by atoms with Crippen LogP contribution in [0.15, 0.2) is 72.8 Å². The highest BCUT2D eigenvalue weighted by Gasteiger charge is 2.21. The molecule has 0 amide bonds. The molecule has 3 aromatic carbocycles. The summed E-state index contributed by atoms with van der Waals surface area (Å²) in [7, 11) is 6.98. The summed E-state index contributed by atoms with van der Waals surface area (Å²) in [5.41, 5.74) is 6.18. The highest BCUT2D eigenvalue weighted by atomic mass is 16.5. The summed E-state index contributed by atoms with van der Waals surface area (Å²) < 4.78 is 17.9. The van der Waals surface area contributed by atoms with Gasteiger partial charge in [-0.3, -0.25) is 4.68 Å². The lowest BCUT2D eigenvalue weighted by Crippen LogP contribution is -1.94. The highest BCUT2D eigenvalue weighted by molar-refractivity contribution is 5.92. The normalized spacial score (nSPS) is 10.7. The Balaban J connectivity index is 1.93. The van der Waals surface area contributed by atoms with Crippen LogP contribution in [0, 0.1) is 0 Å². The summed E-state index contributed by atoms with van der Waals surface area (Å²) >= 11 is 0. The van der Waals surface area contributed by atoms with Crippen molar-refractivity contribution >= 4 is 0 Å². The van der Waals surface area contributed by atoms with E-state index < -0.39 is 0 Å². The Bertz CT molecular complexity index is 1130. The SMILES string of the molecule is COc1ccc(-c2nn(C)c(-c3ccc(OC)cc3)c2-c2ccc(OC)cc2)cc1. The van der Waals surface area contributed by atoms with E-state index in [-0.39, 0.29) is 0 Å². The molecule has 0 spiro atoms. The van der Waals surface area contributed by atoms with E-state index in [4.69, 9.17) is 19.3 Å². The molecule has 0 bridgehead atoms. The summed E-state index contributed by atoms with van der Waals surface area (Å²) in [6.07, 6.45) is 0. The van der Waals surface area contributed by atoms with E-state index in [1.807, 2.05) is 60.3 Å². The number of nitrogens with zero attached hydrogens (tertiary/aromatic N) is 2. The third-order valence-corrected chi connectivity index (χ3v) is 5.15. The topological polar surface area (TPSA) is 45.5 Å². The molecule has 5 nitrogen and oxygen atoms in total. The predicted molar refractivity (Wildman–Crippen MR) is 119 cm³/mol. The van der Waals surface area contributed by atoms with E-state index in [9.17, 15) is 0 Å². The molecule has 1 heterocycles. The summed E-state index contributed by atoms with van der Waals surface area (Å²) in [4.78, 5) is 0. The molecule has 4 rings (SSSR count). The van der Waals surface area contributed by atoms with Crippen LogP contribution in [0.3, 0.4) is 0 Å². The van der Waals surface area contributed by atoms with Crippen LogP contribution in [-0.2, 0) is 7.05 Å². The summed E-state index contributed by atoms with van der Waals surface area (Å²) in [6, 6.07) is 24.1. The average Bonchev–Trinajstić information content (AvgIpc) is 3.16. The molecule has 30 heavy (non-hydrogen) atoms. The van der Waals surface area contributed by atoms with Crippen LogP contribution in [0.1, 0.15) is 0 Å². The van der Waals surface area contributed by atoms with Crippen molar-refractivity contribution in [3.05, 3.63) is 72.8 Å². The minimum atomic E-state index is 0.816. The molecule has 0 aliphatic rings. The Morgan fingerprint density at radius 2 is 0.967 bits per heavy atom. The molecule has 0 aliphatic heterocycles. The van der Waals surface area contributed by atoms with Crippen LogP contribution in [0.4, 0.5) is 0 Å². The molecule has 0 N–H and O–H groups in total. The molecule has 1 aromatic heterocycles. The summed E-state index contributed by atoms with van der Waals surface area (Å²) in [6.45, 7) is 0. The van der Waals surface area contributed by atoms with E-state index in [0.717, 1.165) is 50.9 Å². The van der Waals surface area contributed by atoms with Gasteiger partial charge in [0.2, 0.25) is 0 Å². The van der Waals surface area contributed by atoms with Crippen molar-refractivity contribution < 1.29 is 14.2 Å². The van der Waals surface area contributed by atoms with Crippen molar-refractivity contribution in [2.75, 3.05) is 21.3 Å². The number of aryl methyl sites for hydroxylation is 1. The maximum absolute atomic E-state index is 5.34. The third kappa shape index (κ3) is 3.62. The first-order valence-corrected chi connectivity index (χ1v) is 9.65. The van der Waals surface area contributed by atoms with Crippen LogP contribution in [0.5, 0.6) is 17.2 Å². The predicted octanol–water partition coefficient (Wildman–Crippen LogP) is 5.45. The Hall–Kier alpha value is -3.73. The fourth-order valence-corrected chi connectivity index (χ4v) is 3.59. The van der Waals surface area contributed by atoms with Gasteiger partial charge in [0.25, 0.3) is 0 Å². The van der Waals surface area contributed by atoms with Crippen molar-refractivity contribution in [3.63, 3.8) is 0 Å². The Labute approximate surface area is 176 Å². The number of hydrogen-bond acceptors (Lipinski definition) is 4. The molecule has 152 valence electrons. The second-order valence-electron chi connectivity index (χ2n) is 6.88. The zero-order valence-electron chi connectivity index (χ0n) is 17.5. The van der Waals surface area contributed by atoms with Crippen LogP contribution < -0.4 is 14.2 Å². The molecule has 0 unspecified atom stereocenters. The second-order valence-corrected chi connectivity index (χ2v) is 6.88. The molecule has 4 aromatic rings. The van der Waals surface area contributed by atoms with Crippen LogP contribution in [0.2, 0.25) is 0 Å². The molecule has 5 heteroatoms. The first-order valence-electron chi connectivity index (χ1n) is 9.65. The smallest absolute Gasteiger partial charge is 0.118 e. The Morgan fingerprint density at radius 1 is 0.567 bits per heavy atom. The fraction of sp³-hybridized carbons (Fsp3) is 0.160. The molecule has 0 atom stereocenters. The van der Waals surface area contributed by atoms with Crippen LogP contribution in [0.25, 0.3) is 33.6 Å². The largest absolute Gasteiger partial charge is 0.497 e. The minimum absolute atomic E-state index is 0.816. The monoisotopic (exact) mass is 400 g/mol. The van der Waals surface area contributed by atoms with E-state index in [1.54, 1.807) is 21.3 Å². The van der Waals surface area contributed by atoms with Crippen LogP contribution >= 0.6 is 0 Å². The second kappa shape index (κ2) is 8.33. The number of methoxy groups -OCH3 is 3. The average molecular weight is 400 g/mol. The fourth-order valence-electron chi connectivity index (χ4n) is 3.59. The number of benzene rings is 3. The van der Waals surface area contributed by atoms with Gasteiger partial charge < -0.3 is 14.2 Å². The van der Waals surface area contributed by atoms with Gasteiger partial charge in [-0.15, -0.1) is 0 Å². The van der Waals surface area contributed by atoms with Gasteiger partial charge in [-0.2, -0.15) is 5.10 Å². The standard InChI is InChI=1S/C25H24N2O3/c1-27-25(19-9-15-22(30-4)16-10-19)23(17-5-11-20(28-2)12-6-17)24(26-27)18-7-13-21(29-3)14-8-18/h5-16H,1-4H3. The number of rotatable bonds is 6. The molecular formula is C25H24N2O3. The van der Waals surface area contributed by atoms with E-state index in [2.05, 4.69) is 24.3 Å². The van der Waals surface area contributed by atoms with Gasteiger partial charge in [0.15, 0.2) is 0 Å². The quantitative estimate of drug-likeness (QED) is 0.432. The highest BCUT2D eigenvalue weighted by Crippen LogP contribution is 2.40. The van der Waals surface area contributed by atoms with Crippen molar-refractivity contribution in [3.8, 4) is 50.9 Å². The molecule has 0 saturated carbocycles. The van der Waals surface area contributed by atoms with Gasteiger partial charge in [-0.25, -0.2) is 0 Å². The van der Waals surface area contributed by atoms with Gasteiger partial charge in [0.1, 0.15) is 22.9 Å². The van der Waals surface area contributed by atoms with Gasteiger partial charge in [-0.1, -0.05) is 12.1 Å². The molecule has 0 radical (unpaired) electrons. The van der Waals surface area contributed by atoms with E-state index in [1.165, 1.54) is 0 Å². The summed E-state index contributed by atoms with van der Waals surface area (Å²) in [5.74, 6) is 2.46. The maximum atomic E-state index is 5.34. The minimum Gasteiger partial charge on any atom is -0.497 e. The van der Waals surface area contributed by atoms with Crippen molar-refractivity contribution in [1.29, 1.82) is 0 Å². The maximum Gasteiger partial charge on any atom is 0.118 e.